The Morgan fingerprint density at radius 2 is 1.83 bits per heavy atom. The van der Waals surface area contributed by atoms with Crippen molar-refractivity contribution in [3.63, 3.8) is 0 Å². The average Bonchev–Trinajstić information content (AvgIpc) is 2.46. The van der Waals surface area contributed by atoms with Crippen molar-refractivity contribution in [3.8, 4) is 0 Å². The second-order valence-corrected chi connectivity index (χ2v) is 5.14. The summed E-state index contributed by atoms with van der Waals surface area (Å²) < 4.78 is 1.20. The number of hydrogen-bond donors (Lipinski definition) is 0. The largest absolute Gasteiger partial charge is 0.264 e. The Bertz CT molecular complexity index is 450. The Morgan fingerprint density at radius 3 is 2.50 bits per heavy atom. The highest BCUT2D eigenvalue weighted by Crippen LogP contribution is 2.23. The van der Waals surface area contributed by atoms with Gasteiger partial charge in [-0.1, -0.05) is 65.1 Å². The summed E-state index contributed by atoms with van der Waals surface area (Å²) in [6.07, 6.45) is 8.41. The van der Waals surface area contributed by atoms with Crippen LogP contribution in [0.1, 0.15) is 24.0 Å². The van der Waals surface area contributed by atoms with E-state index in [0.29, 0.717) is 0 Å². The molecule has 0 aliphatic carbocycles. The van der Waals surface area contributed by atoms with Gasteiger partial charge in [0.1, 0.15) is 0 Å². The van der Waals surface area contributed by atoms with E-state index in [4.69, 9.17) is 0 Å². The van der Waals surface area contributed by atoms with Gasteiger partial charge >= 0.3 is 0 Å². The van der Waals surface area contributed by atoms with Crippen molar-refractivity contribution in [2.24, 2.45) is 0 Å². The van der Waals surface area contributed by atoms with Gasteiger partial charge in [-0.25, -0.2) is 0 Å². The van der Waals surface area contributed by atoms with Crippen molar-refractivity contribution >= 4 is 28.2 Å². The molecule has 1 nitrogen and oxygen atoms in total. The fourth-order valence-corrected chi connectivity index (χ4v) is 2.31. The summed E-state index contributed by atoms with van der Waals surface area (Å²) in [5.74, 6) is 0. The quantitative estimate of drug-likeness (QED) is 0.432. The monoisotopic (exact) mass is 349 g/mol. The molecule has 0 fully saturated rings. The lowest BCUT2D eigenvalue weighted by atomic mass is 9.98. The minimum Gasteiger partial charge on any atom is -0.264 e. The van der Waals surface area contributed by atoms with Crippen LogP contribution in [0.4, 0.5) is 0 Å². The third-order valence-electron chi connectivity index (χ3n) is 2.74. The molecule has 0 saturated heterocycles. The van der Waals surface area contributed by atoms with Crippen LogP contribution >= 0.6 is 22.6 Å². The summed E-state index contributed by atoms with van der Waals surface area (Å²) >= 11 is 2.42. The highest BCUT2D eigenvalue weighted by Gasteiger charge is 2.03. The van der Waals surface area contributed by atoms with E-state index in [1.165, 1.54) is 27.5 Å². The standard InChI is InChI=1S/C16H16IN/c17-11-5-4-10-16(14-7-2-1-3-8-14)15-9-6-12-18-13-15/h1-3,6-10,12-13H,4-5,11H2/b16-10+. The number of allylic oxidation sites excluding steroid dienone is 1. The third kappa shape index (κ3) is 3.67. The highest BCUT2D eigenvalue weighted by atomic mass is 127. The van der Waals surface area contributed by atoms with E-state index in [-0.39, 0.29) is 0 Å². The minimum atomic E-state index is 1.11. The molecule has 92 valence electrons. The van der Waals surface area contributed by atoms with Crippen LogP contribution in [0, 0.1) is 0 Å². The molecule has 2 rings (SSSR count). The molecular formula is C16H16IN. The van der Waals surface area contributed by atoms with Gasteiger partial charge in [-0.2, -0.15) is 0 Å². The van der Waals surface area contributed by atoms with E-state index < -0.39 is 0 Å². The van der Waals surface area contributed by atoms with E-state index in [1.54, 1.807) is 0 Å². The van der Waals surface area contributed by atoms with Gasteiger partial charge in [0.05, 0.1) is 0 Å². The predicted molar refractivity (Wildman–Crippen MR) is 85.9 cm³/mol. The Kier molecular flexibility index (Phi) is 5.39. The first-order valence-corrected chi connectivity index (χ1v) is 7.66. The molecule has 1 heterocycles. The molecule has 2 aromatic rings. The van der Waals surface area contributed by atoms with Crippen LogP contribution in [-0.2, 0) is 0 Å². The van der Waals surface area contributed by atoms with Crippen molar-refractivity contribution in [1.29, 1.82) is 0 Å². The fraction of sp³-hybridized carbons (Fsp3) is 0.188. The van der Waals surface area contributed by atoms with Crippen LogP contribution in [0.3, 0.4) is 0 Å². The molecule has 1 aromatic carbocycles. The van der Waals surface area contributed by atoms with Crippen LogP contribution in [0.5, 0.6) is 0 Å². The molecule has 18 heavy (non-hydrogen) atoms. The summed E-state index contributed by atoms with van der Waals surface area (Å²) in [7, 11) is 0. The molecule has 1 aromatic heterocycles. The van der Waals surface area contributed by atoms with Crippen molar-refractivity contribution in [1.82, 2.24) is 4.98 Å². The zero-order chi connectivity index (χ0) is 12.6. The maximum absolute atomic E-state index is 4.22. The number of benzene rings is 1. The number of pyridine rings is 1. The number of nitrogens with zero attached hydrogens (tertiary/aromatic N) is 1. The van der Waals surface area contributed by atoms with Gasteiger partial charge in [0.15, 0.2) is 0 Å². The zero-order valence-corrected chi connectivity index (χ0v) is 12.4. The van der Waals surface area contributed by atoms with E-state index >= 15 is 0 Å². The number of halogens is 1. The Labute approximate surface area is 122 Å². The molecule has 0 bridgehead atoms. The van der Waals surface area contributed by atoms with Crippen LogP contribution < -0.4 is 0 Å². The average molecular weight is 349 g/mol. The third-order valence-corrected chi connectivity index (χ3v) is 3.51. The molecule has 0 saturated carbocycles. The molecular weight excluding hydrogens is 333 g/mol. The molecule has 0 unspecified atom stereocenters. The first kappa shape index (κ1) is 13.3. The Hall–Kier alpha value is -1.16. The van der Waals surface area contributed by atoms with Crippen LogP contribution in [0.25, 0.3) is 5.57 Å². The number of rotatable bonds is 5. The number of aromatic nitrogens is 1. The second-order valence-electron chi connectivity index (χ2n) is 4.06. The van der Waals surface area contributed by atoms with Crippen LogP contribution in [0.15, 0.2) is 60.9 Å². The summed E-state index contributed by atoms with van der Waals surface area (Å²) in [6, 6.07) is 14.6. The van der Waals surface area contributed by atoms with Gasteiger partial charge in [-0.15, -0.1) is 0 Å². The van der Waals surface area contributed by atoms with Gasteiger partial charge in [-0.3, -0.25) is 4.98 Å². The maximum atomic E-state index is 4.22. The lowest BCUT2D eigenvalue weighted by Gasteiger charge is -2.08. The van der Waals surface area contributed by atoms with E-state index in [1.807, 2.05) is 18.5 Å². The molecule has 0 aliphatic heterocycles. The van der Waals surface area contributed by atoms with E-state index in [9.17, 15) is 0 Å². The number of alkyl halides is 1. The topological polar surface area (TPSA) is 12.9 Å². The van der Waals surface area contributed by atoms with Gasteiger partial charge in [0, 0.05) is 18.0 Å². The summed E-state index contributed by atoms with van der Waals surface area (Å²) in [5, 5.41) is 0. The summed E-state index contributed by atoms with van der Waals surface area (Å²) in [6.45, 7) is 0. The van der Waals surface area contributed by atoms with Crippen molar-refractivity contribution in [3.05, 3.63) is 72.1 Å². The smallest absolute Gasteiger partial charge is 0.0346 e. The maximum Gasteiger partial charge on any atom is 0.0346 e. The van der Waals surface area contributed by atoms with Crippen molar-refractivity contribution < 1.29 is 0 Å². The lowest BCUT2D eigenvalue weighted by Crippen LogP contribution is -1.89. The molecule has 0 amide bonds. The predicted octanol–water partition coefficient (Wildman–Crippen LogP) is 4.73. The molecule has 0 spiro atoms. The summed E-state index contributed by atoms with van der Waals surface area (Å²) in [5.41, 5.74) is 3.74. The molecule has 0 N–H and O–H groups in total. The van der Waals surface area contributed by atoms with Crippen molar-refractivity contribution in [2.75, 3.05) is 4.43 Å². The zero-order valence-electron chi connectivity index (χ0n) is 10.2. The molecule has 0 radical (unpaired) electrons. The van der Waals surface area contributed by atoms with Gasteiger partial charge < -0.3 is 0 Å². The Balaban J connectivity index is 2.33. The van der Waals surface area contributed by atoms with E-state index in [2.05, 4.69) is 70.0 Å². The molecule has 0 aliphatic rings. The van der Waals surface area contributed by atoms with Crippen LogP contribution in [0.2, 0.25) is 0 Å². The molecule has 0 atom stereocenters. The lowest BCUT2D eigenvalue weighted by molar-refractivity contribution is 0.987. The summed E-state index contributed by atoms with van der Waals surface area (Å²) in [4.78, 5) is 4.22. The van der Waals surface area contributed by atoms with Gasteiger partial charge in [0.2, 0.25) is 0 Å². The number of unbranched alkanes of at least 4 members (excludes halogenated alkanes) is 1. The van der Waals surface area contributed by atoms with E-state index in [0.717, 1.165) is 6.42 Å². The second kappa shape index (κ2) is 7.31. The van der Waals surface area contributed by atoms with Crippen molar-refractivity contribution in [2.45, 2.75) is 12.8 Å². The van der Waals surface area contributed by atoms with Gasteiger partial charge in [0.25, 0.3) is 0 Å². The minimum absolute atomic E-state index is 1.11. The Morgan fingerprint density at radius 1 is 1.06 bits per heavy atom. The first-order valence-electron chi connectivity index (χ1n) is 6.14. The van der Waals surface area contributed by atoms with Gasteiger partial charge in [-0.05, 0) is 34.5 Å². The first-order chi connectivity index (χ1) is 8.92. The molecule has 2 heteroatoms. The fourth-order valence-electron chi connectivity index (χ4n) is 1.87. The normalized spacial score (nSPS) is 11.5. The SMILES string of the molecule is ICCC/C=C(\c1ccccc1)c1cccnc1. The number of hydrogen-bond acceptors (Lipinski definition) is 1. The van der Waals surface area contributed by atoms with Crippen LogP contribution in [-0.4, -0.2) is 9.41 Å². The highest BCUT2D eigenvalue weighted by molar-refractivity contribution is 14.1.